The zero-order valence-corrected chi connectivity index (χ0v) is 18.0. The third kappa shape index (κ3) is 4.95. The van der Waals surface area contributed by atoms with Crippen molar-refractivity contribution in [2.45, 2.75) is 5.25 Å². The van der Waals surface area contributed by atoms with Crippen LogP contribution in [0.5, 0.6) is 11.5 Å². The lowest BCUT2D eigenvalue weighted by molar-refractivity contribution is -0.113. The molecule has 1 N–H and O–H groups in total. The van der Waals surface area contributed by atoms with Crippen molar-refractivity contribution in [3.8, 4) is 11.5 Å². The molecule has 3 aromatic rings. The van der Waals surface area contributed by atoms with E-state index < -0.39 is 0 Å². The van der Waals surface area contributed by atoms with Crippen LogP contribution < -0.4 is 14.8 Å². The van der Waals surface area contributed by atoms with Crippen molar-refractivity contribution < 1.29 is 14.3 Å². The molecule has 4 rings (SSSR count). The van der Waals surface area contributed by atoms with E-state index in [4.69, 9.17) is 9.47 Å². The van der Waals surface area contributed by atoms with Crippen molar-refractivity contribution in [2.75, 3.05) is 24.3 Å². The number of hydrogen-bond acceptors (Lipinski definition) is 4. The summed E-state index contributed by atoms with van der Waals surface area (Å²) in [6.45, 7) is 1.04. The summed E-state index contributed by atoms with van der Waals surface area (Å²) >= 11 is 5.11. The van der Waals surface area contributed by atoms with E-state index in [1.165, 1.54) is 11.1 Å². The van der Waals surface area contributed by atoms with Gasteiger partial charge in [0.2, 0.25) is 5.91 Å². The van der Waals surface area contributed by atoms with E-state index in [1.807, 2.05) is 42.5 Å². The summed E-state index contributed by atoms with van der Waals surface area (Å²) in [6.07, 6.45) is 0. The molecule has 148 valence electrons. The lowest BCUT2D eigenvalue weighted by Crippen LogP contribution is -2.18. The second-order valence-corrected chi connectivity index (χ2v) is 8.48. The predicted molar refractivity (Wildman–Crippen MR) is 121 cm³/mol. The number of benzene rings is 3. The van der Waals surface area contributed by atoms with E-state index in [-0.39, 0.29) is 11.2 Å². The van der Waals surface area contributed by atoms with Gasteiger partial charge >= 0.3 is 0 Å². The monoisotopic (exact) mass is 469 g/mol. The minimum atomic E-state index is -0.0655. The van der Waals surface area contributed by atoms with Crippen LogP contribution >= 0.6 is 27.7 Å². The molecule has 6 heteroatoms. The van der Waals surface area contributed by atoms with Gasteiger partial charge in [0.1, 0.15) is 13.2 Å². The maximum absolute atomic E-state index is 12.7. The first kappa shape index (κ1) is 19.9. The first-order valence-corrected chi connectivity index (χ1v) is 11.2. The quantitative estimate of drug-likeness (QED) is 0.504. The van der Waals surface area contributed by atoms with Crippen molar-refractivity contribution in [1.82, 2.24) is 0 Å². The zero-order valence-electron chi connectivity index (χ0n) is 15.6. The summed E-state index contributed by atoms with van der Waals surface area (Å²) in [7, 11) is 0. The summed E-state index contributed by atoms with van der Waals surface area (Å²) in [4.78, 5) is 12.7. The summed E-state index contributed by atoms with van der Waals surface area (Å²) in [5.74, 6) is 1.59. The van der Waals surface area contributed by atoms with Gasteiger partial charge in [0.25, 0.3) is 0 Å². The fourth-order valence-electron chi connectivity index (χ4n) is 3.15. The first-order valence-electron chi connectivity index (χ1n) is 9.31. The number of rotatable bonds is 6. The van der Waals surface area contributed by atoms with Crippen molar-refractivity contribution in [2.24, 2.45) is 0 Å². The van der Waals surface area contributed by atoms with Crippen LogP contribution in [0.2, 0.25) is 0 Å². The Bertz CT molecular complexity index is 943. The number of fused-ring (bicyclic) bond motifs is 1. The minimum Gasteiger partial charge on any atom is -0.486 e. The highest BCUT2D eigenvalue weighted by atomic mass is 79.9. The molecule has 0 aliphatic carbocycles. The van der Waals surface area contributed by atoms with Crippen LogP contribution in [-0.2, 0) is 4.79 Å². The van der Waals surface area contributed by atoms with Gasteiger partial charge in [0.05, 0.1) is 16.7 Å². The Labute approximate surface area is 182 Å². The Kier molecular flexibility index (Phi) is 6.42. The van der Waals surface area contributed by atoms with Crippen molar-refractivity contribution >= 4 is 39.3 Å². The first-order chi connectivity index (χ1) is 14.2. The molecule has 3 aromatic carbocycles. The molecule has 0 bridgehead atoms. The van der Waals surface area contributed by atoms with Gasteiger partial charge in [-0.2, -0.15) is 0 Å². The normalized spacial score (nSPS) is 12.6. The van der Waals surface area contributed by atoms with Crippen LogP contribution in [-0.4, -0.2) is 24.9 Å². The van der Waals surface area contributed by atoms with E-state index in [9.17, 15) is 4.79 Å². The minimum absolute atomic E-state index is 0.0655. The standard InChI is InChI=1S/C23H20BrNO3S/c24-18-13-20-21(28-12-11-27-20)14-19(18)25-22(26)15-29-23(16-7-3-1-4-8-16)17-9-5-2-6-10-17/h1-10,13-14,23H,11-12,15H2,(H,25,26). The second kappa shape index (κ2) is 9.37. The van der Waals surface area contributed by atoms with Gasteiger partial charge in [0, 0.05) is 16.6 Å². The SMILES string of the molecule is O=C(CSC(c1ccccc1)c1ccccc1)Nc1cc2c(cc1Br)OCCO2. The highest BCUT2D eigenvalue weighted by Gasteiger charge is 2.19. The number of carbonyl (C=O) groups excluding carboxylic acids is 1. The Morgan fingerprint density at radius 2 is 1.48 bits per heavy atom. The topological polar surface area (TPSA) is 47.6 Å². The van der Waals surface area contributed by atoms with Crippen LogP contribution in [0.25, 0.3) is 0 Å². The van der Waals surface area contributed by atoms with E-state index in [0.717, 1.165) is 4.47 Å². The van der Waals surface area contributed by atoms with E-state index in [1.54, 1.807) is 17.8 Å². The molecule has 0 atom stereocenters. The molecule has 0 spiro atoms. The lowest BCUT2D eigenvalue weighted by atomic mass is 10.0. The molecule has 0 unspecified atom stereocenters. The van der Waals surface area contributed by atoms with Crippen molar-refractivity contribution in [3.05, 3.63) is 88.4 Å². The van der Waals surface area contributed by atoms with Gasteiger partial charge in [-0.1, -0.05) is 60.7 Å². The fraction of sp³-hybridized carbons (Fsp3) is 0.174. The van der Waals surface area contributed by atoms with Crippen LogP contribution in [0.1, 0.15) is 16.4 Å². The van der Waals surface area contributed by atoms with E-state index in [0.29, 0.717) is 36.2 Å². The number of anilines is 1. The van der Waals surface area contributed by atoms with Gasteiger partial charge in [-0.05, 0) is 27.1 Å². The maximum atomic E-state index is 12.7. The molecule has 0 aromatic heterocycles. The molecule has 1 heterocycles. The number of halogens is 1. The van der Waals surface area contributed by atoms with Crippen molar-refractivity contribution in [1.29, 1.82) is 0 Å². The van der Waals surface area contributed by atoms with Gasteiger partial charge in [-0.3, -0.25) is 4.79 Å². The highest BCUT2D eigenvalue weighted by molar-refractivity contribution is 9.10. The molecule has 0 fully saturated rings. The summed E-state index contributed by atoms with van der Waals surface area (Å²) in [5, 5.41) is 3.07. The number of nitrogens with one attached hydrogen (secondary N) is 1. The number of hydrogen-bond donors (Lipinski definition) is 1. The number of amides is 1. The summed E-state index contributed by atoms with van der Waals surface area (Å²) in [6, 6.07) is 24.1. The number of thioether (sulfide) groups is 1. The van der Waals surface area contributed by atoms with Gasteiger partial charge in [0.15, 0.2) is 11.5 Å². The van der Waals surface area contributed by atoms with Crippen LogP contribution in [0.3, 0.4) is 0 Å². The van der Waals surface area contributed by atoms with Gasteiger partial charge in [-0.15, -0.1) is 11.8 Å². The molecular weight excluding hydrogens is 450 g/mol. The van der Waals surface area contributed by atoms with E-state index in [2.05, 4.69) is 45.5 Å². The van der Waals surface area contributed by atoms with Gasteiger partial charge in [-0.25, -0.2) is 0 Å². The smallest absolute Gasteiger partial charge is 0.234 e. The summed E-state index contributed by atoms with van der Waals surface area (Å²) in [5.41, 5.74) is 3.03. The zero-order chi connectivity index (χ0) is 20.1. The maximum Gasteiger partial charge on any atom is 0.234 e. The largest absolute Gasteiger partial charge is 0.486 e. The Morgan fingerprint density at radius 1 is 0.931 bits per heavy atom. The average Bonchev–Trinajstić information content (AvgIpc) is 2.76. The predicted octanol–water partition coefficient (Wildman–Crippen LogP) is 5.68. The fourth-order valence-corrected chi connectivity index (χ4v) is 4.66. The molecule has 1 aliphatic heterocycles. The molecule has 0 radical (unpaired) electrons. The Balaban J connectivity index is 1.46. The second-order valence-electron chi connectivity index (χ2n) is 6.54. The number of carbonyl (C=O) groups is 1. The molecule has 0 saturated heterocycles. The third-order valence-electron chi connectivity index (χ3n) is 4.49. The molecule has 0 saturated carbocycles. The molecule has 1 amide bonds. The third-order valence-corrected chi connectivity index (χ3v) is 6.45. The Hall–Kier alpha value is -2.44. The summed E-state index contributed by atoms with van der Waals surface area (Å²) < 4.78 is 11.9. The van der Waals surface area contributed by atoms with Gasteiger partial charge < -0.3 is 14.8 Å². The lowest BCUT2D eigenvalue weighted by Gasteiger charge is -2.20. The van der Waals surface area contributed by atoms with Crippen LogP contribution in [0, 0.1) is 0 Å². The van der Waals surface area contributed by atoms with E-state index >= 15 is 0 Å². The molecule has 4 nitrogen and oxygen atoms in total. The molecular formula is C23H20BrNO3S. The number of ether oxygens (including phenoxy) is 2. The van der Waals surface area contributed by atoms with Crippen molar-refractivity contribution in [3.63, 3.8) is 0 Å². The molecule has 29 heavy (non-hydrogen) atoms. The average molecular weight is 470 g/mol. The Morgan fingerprint density at radius 3 is 2.07 bits per heavy atom. The highest BCUT2D eigenvalue weighted by Crippen LogP contribution is 2.39. The van der Waals surface area contributed by atoms with Crippen LogP contribution in [0.4, 0.5) is 5.69 Å². The molecule has 1 aliphatic rings. The van der Waals surface area contributed by atoms with Crippen LogP contribution in [0.15, 0.2) is 77.3 Å².